The van der Waals surface area contributed by atoms with Gasteiger partial charge in [-0.25, -0.2) is 18.1 Å². The molecule has 2 unspecified atom stereocenters. The first-order valence-electron chi connectivity index (χ1n) is 5.85. The Hall–Kier alpha value is -1.18. The predicted octanol–water partition coefficient (Wildman–Crippen LogP) is 0.510. The number of rotatable bonds is 4. The van der Waals surface area contributed by atoms with Gasteiger partial charge in [0.1, 0.15) is 10.7 Å². The molecule has 0 saturated carbocycles. The highest BCUT2D eigenvalue weighted by Crippen LogP contribution is 2.19. The molecule has 2 heterocycles. The molecule has 0 amide bonds. The first-order valence-corrected chi connectivity index (χ1v) is 7.33. The van der Waals surface area contributed by atoms with Crippen LogP contribution in [0.2, 0.25) is 0 Å². The maximum atomic E-state index is 12.1. The molecule has 0 radical (unpaired) electrons. The van der Waals surface area contributed by atoms with Gasteiger partial charge in [-0.05, 0) is 31.9 Å². The van der Waals surface area contributed by atoms with E-state index >= 15 is 0 Å². The van der Waals surface area contributed by atoms with E-state index < -0.39 is 10.0 Å². The second kappa shape index (κ2) is 5.21. The van der Waals surface area contributed by atoms with Gasteiger partial charge in [0, 0.05) is 18.8 Å². The summed E-state index contributed by atoms with van der Waals surface area (Å²) in [5.41, 5.74) is 5.57. The Morgan fingerprint density at radius 2 is 2.39 bits per heavy atom. The minimum atomic E-state index is -3.65. The van der Waals surface area contributed by atoms with Crippen LogP contribution in [-0.4, -0.2) is 32.2 Å². The number of sulfonamides is 1. The number of nitrogens with zero attached hydrogens (tertiary/aromatic N) is 1. The number of hydrogen-bond acceptors (Lipinski definition) is 5. The van der Waals surface area contributed by atoms with Crippen LogP contribution in [0.15, 0.2) is 23.2 Å². The summed E-state index contributed by atoms with van der Waals surface area (Å²) < 4.78 is 32.3. The molecule has 1 aromatic rings. The molecule has 3 N–H and O–H groups in total. The van der Waals surface area contributed by atoms with Gasteiger partial charge in [-0.1, -0.05) is 0 Å². The monoisotopic (exact) mass is 271 g/mol. The fourth-order valence-corrected chi connectivity index (χ4v) is 3.36. The third-order valence-electron chi connectivity index (χ3n) is 2.95. The zero-order valence-corrected chi connectivity index (χ0v) is 11.0. The molecule has 1 aliphatic heterocycles. The Morgan fingerprint density at radius 3 is 3.00 bits per heavy atom. The van der Waals surface area contributed by atoms with Crippen molar-refractivity contribution in [2.45, 2.75) is 36.8 Å². The highest BCUT2D eigenvalue weighted by molar-refractivity contribution is 7.89. The van der Waals surface area contributed by atoms with E-state index in [-0.39, 0.29) is 22.9 Å². The van der Waals surface area contributed by atoms with Gasteiger partial charge in [-0.3, -0.25) is 0 Å². The van der Waals surface area contributed by atoms with Gasteiger partial charge in [0.25, 0.3) is 0 Å². The van der Waals surface area contributed by atoms with E-state index in [1.54, 1.807) is 13.0 Å². The summed E-state index contributed by atoms with van der Waals surface area (Å²) in [4.78, 5) is 3.79. The van der Waals surface area contributed by atoms with Gasteiger partial charge in [-0.15, -0.1) is 0 Å². The van der Waals surface area contributed by atoms with Crippen LogP contribution in [0.25, 0.3) is 0 Å². The molecule has 2 rings (SSSR count). The van der Waals surface area contributed by atoms with Gasteiger partial charge in [-0.2, -0.15) is 0 Å². The maximum absolute atomic E-state index is 12.1. The molecule has 0 aliphatic carbocycles. The van der Waals surface area contributed by atoms with Crippen LogP contribution in [0, 0.1) is 0 Å². The SMILES string of the molecule is CC(NS(=O)(=O)c1cccnc1N)C1CCCO1. The summed E-state index contributed by atoms with van der Waals surface area (Å²) >= 11 is 0. The first-order chi connectivity index (χ1) is 8.50. The van der Waals surface area contributed by atoms with Gasteiger partial charge in [0.15, 0.2) is 0 Å². The van der Waals surface area contributed by atoms with E-state index in [1.807, 2.05) is 0 Å². The molecule has 1 saturated heterocycles. The highest BCUT2D eigenvalue weighted by Gasteiger charge is 2.27. The van der Waals surface area contributed by atoms with Crippen molar-refractivity contribution in [3.8, 4) is 0 Å². The van der Waals surface area contributed by atoms with Crippen molar-refractivity contribution in [1.82, 2.24) is 9.71 Å². The van der Waals surface area contributed by atoms with Gasteiger partial charge in [0.2, 0.25) is 10.0 Å². The fourth-order valence-electron chi connectivity index (χ4n) is 2.01. The molecule has 1 aromatic heterocycles. The zero-order chi connectivity index (χ0) is 13.2. The Labute approximate surface area is 107 Å². The van der Waals surface area contributed by atoms with Crippen LogP contribution in [-0.2, 0) is 14.8 Å². The molecular weight excluding hydrogens is 254 g/mol. The number of aromatic nitrogens is 1. The normalized spacial score (nSPS) is 21.9. The number of nitrogens with one attached hydrogen (secondary N) is 1. The fraction of sp³-hybridized carbons (Fsp3) is 0.545. The second-order valence-corrected chi connectivity index (χ2v) is 6.03. The summed E-state index contributed by atoms with van der Waals surface area (Å²) in [7, 11) is -3.65. The average molecular weight is 271 g/mol. The van der Waals surface area contributed by atoms with Crippen LogP contribution >= 0.6 is 0 Å². The standard InChI is InChI=1S/C11H17N3O3S/c1-8(9-4-3-7-17-9)14-18(15,16)10-5-2-6-13-11(10)12/h2,5-6,8-9,14H,3-4,7H2,1H3,(H2,12,13). The number of ether oxygens (including phenoxy) is 1. The van der Waals surface area contributed by atoms with E-state index in [0.29, 0.717) is 6.61 Å². The average Bonchev–Trinajstić information content (AvgIpc) is 2.82. The lowest BCUT2D eigenvalue weighted by molar-refractivity contribution is 0.0902. The van der Waals surface area contributed by atoms with Crippen molar-refractivity contribution in [2.75, 3.05) is 12.3 Å². The number of nitrogen functional groups attached to an aromatic ring is 1. The van der Waals surface area contributed by atoms with Crippen molar-refractivity contribution in [3.63, 3.8) is 0 Å². The number of pyridine rings is 1. The van der Waals surface area contributed by atoms with Gasteiger partial charge >= 0.3 is 0 Å². The van der Waals surface area contributed by atoms with Gasteiger partial charge < -0.3 is 10.5 Å². The Morgan fingerprint density at radius 1 is 1.61 bits per heavy atom. The van der Waals surface area contributed by atoms with Crippen molar-refractivity contribution in [3.05, 3.63) is 18.3 Å². The molecule has 1 fully saturated rings. The van der Waals surface area contributed by atoms with Crippen LogP contribution in [0.4, 0.5) is 5.82 Å². The predicted molar refractivity (Wildman–Crippen MR) is 67.4 cm³/mol. The second-order valence-electron chi connectivity index (χ2n) is 4.35. The maximum Gasteiger partial charge on any atom is 0.244 e. The van der Waals surface area contributed by atoms with Crippen LogP contribution in [0.3, 0.4) is 0 Å². The zero-order valence-electron chi connectivity index (χ0n) is 10.2. The van der Waals surface area contributed by atoms with Gasteiger partial charge in [0.05, 0.1) is 6.10 Å². The molecule has 0 aromatic carbocycles. The highest BCUT2D eigenvalue weighted by atomic mass is 32.2. The van der Waals surface area contributed by atoms with Crippen molar-refractivity contribution in [2.24, 2.45) is 0 Å². The minimum absolute atomic E-state index is 0.00420. The van der Waals surface area contributed by atoms with E-state index in [2.05, 4.69) is 9.71 Å². The number of nitrogens with two attached hydrogens (primary N) is 1. The topological polar surface area (TPSA) is 94.3 Å². The van der Waals surface area contributed by atoms with E-state index in [1.165, 1.54) is 12.3 Å². The van der Waals surface area contributed by atoms with E-state index in [4.69, 9.17) is 10.5 Å². The summed E-state index contributed by atoms with van der Waals surface area (Å²) in [5, 5.41) is 0. The smallest absolute Gasteiger partial charge is 0.244 e. The quantitative estimate of drug-likeness (QED) is 0.832. The summed E-state index contributed by atoms with van der Waals surface area (Å²) in [5.74, 6) is 0.00420. The third kappa shape index (κ3) is 2.80. The molecule has 18 heavy (non-hydrogen) atoms. The number of hydrogen-bond donors (Lipinski definition) is 2. The summed E-state index contributed by atoms with van der Waals surface area (Å²) in [6.07, 6.45) is 3.22. The molecular formula is C11H17N3O3S. The van der Waals surface area contributed by atoms with Crippen molar-refractivity contribution in [1.29, 1.82) is 0 Å². The summed E-state index contributed by atoms with van der Waals surface area (Å²) in [6, 6.07) is 2.70. The molecule has 0 bridgehead atoms. The van der Waals surface area contributed by atoms with Crippen LogP contribution in [0.1, 0.15) is 19.8 Å². The first kappa shape index (κ1) is 13.3. The molecule has 100 valence electrons. The Balaban J connectivity index is 2.14. The Kier molecular flexibility index (Phi) is 3.84. The number of anilines is 1. The largest absolute Gasteiger partial charge is 0.383 e. The van der Waals surface area contributed by atoms with Crippen molar-refractivity contribution >= 4 is 15.8 Å². The molecule has 1 aliphatic rings. The lowest BCUT2D eigenvalue weighted by Crippen LogP contribution is -2.41. The van der Waals surface area contributed by atoms with E-state index in [9.17, 15) is 8.42 Å². The molecule has 7 heteroatoms. The molecule has 0 spiro atoms. The molecule has 2 atom stereocenters. The lowest BCUT2D eigenvalue weighted by atomic mass is 10.1. The third-order valence-corrected chi connectivity index (χ3v) is 4.56. The Bertz CT molecular complexity index is 512. The summed E-state index contributed by atoms with van der Waals surface area (Å²) in [6.45, 7) is 2.48. The van der Waals surface area contributed by atoms with Crippen molar-refractivity contribution < 1.29 is 13.2 Å². The lowest BCUT2D eigenvalue weighted by Gasteiger charge is -2.20. The molecule has 6 nitrogen and oxygen atoms in total. The minimum Gasteiger partial charge on any atom is -0.383 e. The van der Waals surface area contributed by atoms with Crippen LogP contribution in [0.5, 0.6) is 0 Å². The van der Waals surface area contributed by atoms with E-state index in [0.717, 1.165) is 12.8 Å². The van der Waals surface area contributed by atoms with Crippen LogP contribution < -0.4 is 10.5 Å².